The lowest BCUT2D eigenvalue weighted by atomic mass is 9.83. The highest BCUT2D eigenvalue weighted by Crippen LogP contribution is 2.49. The predicted octanol–water partition coefficient (Wildman–Crippen LogP) is 1.72. The molecule has 0 aliphatic carbocycles. The normalized spacial score (nSPS) is 27.2. The molecular formula is C25H27N4O4+. The summed E-state index contributed by atoms with van der Waals surface area (Å²) in [7, 11) is 0. The Morgan fingerprint density at radius 2 is 1.76 bits per heavy atom. The van der Waals surface area contributed by atoms with Crippen LogP contribution in [0.3, 0.4) is 0 Å². The number of likely N-dealkylation sites (tertiary alicyclic amines) is 1. The van der Waals surface area contributed by atoms with Crippen LogP contribution in [0.15, 0.2) is 48.5 Å². The first-order valence-corrected chi connectivity index (χ1v) is 10.9. The Morgan fingerprint density at radius 3 is 2.30 bits per heavy atom. The molecule has 2 aromatic carbocycles. The van der Waals surface area contributed by atoms with E-state index in [1.807, 2.05) is 0 Å². The summed E-state index contributed by atoms with van der Waals surface area (Å²) in [6.07, 6.45) is 6.66. The molecule has 33 heavy (non-hydrogen) atoms. The standard InChI is InChI=1S/C25H26N4O4/c1-2-17-6-12-20(13-7-17)29(24(27)33)16-21(30)15-25(29,23(26)32)18-8-10-19(11-9-18)28-14-4-3-5-22(28)31/h1,6-13,21,30H,3-5,14-16H2,(H3-,26,27,32,33)/p+1/t21-,25-,29?/m1/s1. The molecule has 0 bridgehead atoms. The summed E-state index contributed by atoms with van der Waals surface area (Å²) in [5.41, 5.74) is 12.4. The monoisotopic (exact) mass is 447 g/mol. The van der Waals surface area contributed by atoms with Gasteiger partial charge in [-0.2, -0.15) is 4.48 Å². The van der Waals surface area contributed by atoms with Gasteiger partial charge >= 0.3 is 6.03 Å². The van der Waals surface area contributed by atoms with Gasteiger partial charge in [0.1, 0.15) is 18.3 Å². The van der Waals surface area contributed by atoms with E-state index in [2.05, 4.69) is 5.92 Å². The molecule has 2 saturated heterocycles. The zero-order valence-corrected chi connectivity index (χ0v) is 18.2. The molecule has 2 aliphatic heterocycles. The second-order valence-corrected chi connectivity index (χ2v) is 8.65. The van der Waals surface area contributed by atoms with Crippen molar-refractivity contribution < 1.29 is 19.5 Å². The van der Waals surface area contributed by atoms with Gasteiger partial charge in [0, 0.05) is 48.3 Å². The van der Waals surface area contributed by atoms with Crippen molar-refractivity contribution in [1.29, 1.82) is 0 Å². The Balaban J connectivity index is 1.87. The van der Waals surface area contributed by atoms with E-state index in [1.165, 1.54) is 0 Å². The first-order chi connectivity index (χ1) is 15.8. The van der Waals surface area contributed by atoms with E-state index in [0.29, 0.717) is 35.5 Å². The van der Waals surface area contributed by atoms with E-state index in [4.69, 9.17) is 17.9 Å². The number of anilines is 1. The minimum atomic E-state index is -1.63. The van der Waals surface area contributed by atoms with Gasteiger partial charge < -0.3 is 21.5 Å². The number of rotatable bonds is 4. The maximum absolute atomic E-state index is 13.1. The van der Waals surface area contributed by atoms with Gasteiger partial charge in [-0.15, -0.1) is 6.42 Å². The van der Waals surface area contributed by atoms with Crippen LogP contribution in [0.4, 0.5) is 16.2 Å². The molecule has 8 heteroatoms. The Bertz CT molecular complexity index is 1140. The lowest BCUT2D eigenvalue weighted by Crippen LogP contribution is -2.70. The van der Waals surface area contributed by atoms with Crippen molar-refractivity contribution in [1.82, 2.24) is 4.48 Å². The second kappa shape index (κ2) is 8.35. The highest BCUT2D eigenvalue weighted by Gasteiger charge is 2.68. The summed E-state index contributed by atoms with van der Waals surface area (Å²) in [6.45, 7) is 0.515. The quantitative estimate of drug-likeness (QED) is 0.487. The van der Waals surface area contributed by atoms with Crippen LogP contribution < -0.4 is 20.9 Å². The Morgan fingerprint density at radius 1 is 1.09 bits per heavy atom. The van der Waals surface area contributed by atoms with Crippen LogP contribution in [-0.4, -0.2) is 42.1 Å². The third-order valence-corrected chi connectivity index (χ3v) is 6.91. The molecule has 2 aromatic rings. The van der Waals surface area contributed by atoms with Crippen molar-refractivity contribution in [2.24, 2.45) is 11.5 Å². The number of quaternary nitrogens is 1. The van der Waals surface area contributed by atoms with Crippen molar-refractivity contribution in [3.05, 3.63) is 59.7 Å². The van der Waals surface area contributed by atoms with E-state index in [1.54, 1.807) is 53.4 Å². The van der Waals surface area contributed by atoms with Crippen molar-refractivity contribution in [2.75, 3.05) is 18.0 Å². The van der Waals surface area contributed by atoms with E-state index in [0.717, 1.165) is 12.8 Å². The number of nitrogens with two attached hydrogens (primary N) is 2. The number of nitrogens with zero attached hydrogens (tertiary/aromatic N) is 2. The first-order valence-electron chi connectivity index (χ1n) is 10.9. The van der Waals surface area contributed by atoms with E-state index >= 15 is 0 Å². The number of primary amides is 2. The summed E-state index contributed by atoms with van der Waals surface area (Å²) < 4.78 is -0.656. The van der Waals surface area contributed by atoms with Gasteiger partial charge in [0.15, 0.2) is 0 Å². The lowest BCUT2D eigenvalue weighted by Gasteiger charge is -2.42. The highest BCUT2D eigenvalue weighted by molar-refractivity contribution is 6.00. The lowest BCUT2D eigenvalue weighted by molar-refractivity contribution is -0.127. The van der Waals surface area contributed by atoms with Gasteiger partial charge in [-0.3, -0.25) is 9.59 Å². The molecule has 0 aromatic heterocycles. The number of amides is 4. The van der Waals surface area contributed by atoms with Crippen LogP contribution in [-0.2, 0) is 15.1 Å². The van der Waals surface area contributed by atoms with Crippen LogP contribution >= 0.6 is 0 Å². The molecule has 5 N–H and O–H groups in total. The minimum Gasteiger partial charge on any atom is -0.387 e. The Hall–Kier alpha value is -3.67. The van der Waals surface area contributed by atoms with Crippen LogP contribution in [0.2, 0.25) is 0 Å². The number of hydrogen-bond donors (Lipinski definition) is 3. The number of terminal acetylenes is 1. The van der Waals surface area contributed by atoms with E-state index < -0.39 is 28.1 Å². The zero-order valence-electron chi connectivity index (χ0n) is 18.2. The third-order valence-electron chi connectivity index (χ3n) is 6.91. The van der Waals surface area contributed by atoms with E-state index in [-0.39, 0.29) is 18.9 Å². The van der Waals surface area contributed by atoms with Gasteiger partial charge in [-0.1, -0.05) is 18.1 Å². The molecule has 4 rings (SSSR count). The van der Waals surface area contributed by atoms with Crippen LogP contribution in [0.5, 0.6) is 0 Å². The highest BCUT2D eigenvalue weighted by atomic mass is 16.3. The van der Waals surface area contributed by atoms with Crippen LogP contribution in [0, 0.1) is 12.3 Å². The number of urea groups is 1. The molecule has 8 nitrogen and oxygen atoms in total. The van der Waals surface area contributed by atoms with Gasteiger partial charge in [0.05, 0.1) is 0 Å². The average molecular weight is 448 g/mol. The van der Waals surface area contributed by atoms with Gasteiger partial charge in [-0.25, -0.2) is 4.79 Å². The fourth-order valence-corrected chi connectivity index (χ4v) is 5.34. The SMILES string of the molecule is C#Cc1ccc([N+]2(C(N)=O)C[C@H](O)C[C@]2(C(N)=O)c2ccc(N3CCCCC3=O)cc2)cc1. The van der Waals surface area contributed by atoms with Crippen molar-refractivity contribution >= 4 is 29.2 Å². The molecular weight excluding hydrogens is 420 g/mol. The molecule has 1 unspecified atom stereocenters. The van der Waals surface area contributed by atoms with Crippen molar-refractivity contribution in [3.8, 4) is 12.3 Å². The summed E-state index contributed by atoms with van der Waals surface area (Å²) in [6, 6.07) is 12.6. The van der Waals surface area contributed by atoms with Gasteiger partial charge in [0.25, 0.3) is 5.91 Å². The molecule has 4 amide bonds. The van der Waals surface area contributed by atoms with Crippen molar-refractivity contribution in [3.63, 3.8) is 0 Å². The minimum absolute atomic E-state index is 0.0470. The number of aliphatic hydroxyl groups is 1. The molecule has 170 valence electrons. The van der Waals surface area contributed by atoms with Crippen LogP contribution in [0.1, 0.15) is 36.8 Å². The number of aliphatic hydroxyl groups excluding tert-OH is 1. The molecule has 2 heterocycles. The molecule has 0 radical (unpaired) electrons. The molecule has 2 fully saturated rings. The Labute approximate surface area is 192 Å². The van der Waals surface area contributed by atoms with E-state index in [9.17, 15) is 19.5 Å². The molecule has 3 atom stereocenters. The third kappa shape index (κ3) is 3.37. The molecule has 2 aliphatic rings. The number of carbonyl (C=O) groups is 3. The zero-order chi connectivity index (χ0) is 23.8. The summed E-state index contributed by atoms with van der Waals surface area (Å²) in [5.74, 6) is 1.78. The number of hydrogen-bond acceptors (Lipinski definition) is 4. The summed E-state index contributed by atoms with van der Waals surface area (Å²) >= 11 is 0. The molecule has 0 saturated carbocycles. The Kier molecular flexibility index (Phi) is 5.70. The fraction of sp³-hybridized carbons (Fsp3) is 0.320. The van der Waals surface area contributed by atoms with Gasteiger partial charge in [-0.05, 0) is 37.1 Å². The maximum atomic E-state index is 13.1. The fourth-order valence-electron chi connectivity index (χ4n) is 5.34. The predicted molar refractivity (Wildman–Crippen MR) is 125 cm³/mol. The first kappa shape index (κ1) is 22.5. The number of benzene rings is 2. The summed E-state index contributed by atoms with van der Waals surface area (Å²) in [4.78, 5) is 40.2. The smallest absolute Gasteiger partial charge is 0.387 e. The maximum Gasteiger partial charge on any atom is 0.420 e. The summed E-state index contributed by atoms with van der Waals surface area (Å²) in [5, 5.41) is 10.7. The topological polar surface area (TPSA) is 127 Å². The van der Waals surface area contributed by atoms with Crippen molar-refractivity contribution in [2.45, 2.75) is 37.3 Å². The second-order valence-electron chi connectivity index (χ2n) is 8.65. The number of piperidine rings is 1. The average Bonchev–Trinajstić information content (AvgIpc) is 3.15. The van der Waals surface area contributed by atoms with Gasteiger partial charge in [0.2, 0.25) is 11.4 Å². The van der Waals surface area contributed by atoms with Crippen LogP contribution in [0.25, 0.3) is 0 Å². The molecule has 0 spiro atoms. The number of carbonyl (C=O) groups excluding carboxylic acids is 3. The largest absolute Gasteiger partial charge is 0.420 e.